The Morgan fingerprint density at radius 1 is 1.36 bits per heavy atom. The molecule has 2 nitrogen and oxygen atoms in total. The SMILES string of the molecule is CCc1ccc(OC(C)CC)c(N)c1. The Bertz CT molecular complexity index is 296. The number of rotatable bonds is 4. The van der Waals surface area contributed by atoms with E-state index in [9.17, 15) is 0 Å². The van der Waals surface area contributed by atoms with Gasteiger partial charge in [-0.2, -0.15) is 0 Å². The van der Waals surface area contributed by atoms with Crippen molar-refractivity contribution in [2.45, 2.75) is 39.7 Å². The van der Waals surface area contributed by atoms with Crippen molar-refractivity contribution in [3.63, 3.8) is 0 Å². The molecule has 0 saturated carbocycles. The number of ether oxygens (including phenoxy) is 1. The number of benzene rings is 1. The summed E-state index contributed by atoms with van der Waals surface area (Å²) in [4.78, 5) is 0. The maximum atomic E-state index is 5.87. The minimum Gasteiger partial charge on any atom is -0.489 e. The van der Waals surface area contributed by atoms with Gasteiger partial charge in [-0.15, -0.1) is 0 Å². The Labute approximate surface area is 86.1 Å². The van der Waals surface area contributed by atoms with Crippen LogP contribution in [0.1, 0.15) is 32.8 Å². The lowest BCUT2D eigenvalue weighted by atomic mass is 10.1. The van der Waals surface area contributed by atoms with Crippen molar-refractivity contribution in [1.29, 1.82) is 0 Å². The van der Waals surface area contributed by atoms with Gasteiger partial charge in [-0.3, -0.25) is 0 Å². The monoisotopic (exact) mass is 193 g/mol. The summed E-state index contributed by atoms with van der Waals surface area (Å²) in [5, 5.41) is 0. The normalized spacial score (nSPS) is 12.5. The van der Waals surface area contributed by atoms with E-state index in [0.717, 1.165) is 24.3 Å². The van der Waals surface area contributed by atoms with E-state index in [1.807, 2.05) is 19.1 Å². The van der Waals surface area contributed by atoms with E-state index in [1.165, 1.54) is 5.56 Å². The van der Waals surface area contributed by atoms with E-state index in [1.54, 1.807) is 0 Å². The molecule has 1 unspecified atom stereocenters. The lowest BCUT2D eigenvalue weighted by Crippen LogP contribution is -2.11. The van der Waals surface area contributed by atoms with Gasteiger partial charge < -0.3 is 10.5 Å². The fourth-order valence-electron chi connectivity index (χ4n) is 1.23. The Morgan fingerprint density at radius 2 is 2.07 bits per heavy atom. The topological polar surface area (TPSA) is 35.2 Å². The molecule has 0 radical (unpaired) electrons. The number of anilines is 1. The zero-order valence-electron chi connectivity index (χ0n) is 9.21. The van der Waals surface area contributed by atoms with Crippen molar-refractivity contribution in [2.24, 2.45) is 0 Å². The highest BCUT2D eigenvalue weighted by atomic mass is 16.5. The summed E-state index contributed by atoms with van der Waals surface area (Å²) >= 11 is 0. The molecule has 0 aliphatic rings. The third-order valence-corrected chi connectivity index (χ3v) is 2.39. The summed E-state index contributed by atoms with van der Waals surface area (Å²) in [6.07, 6.45) is 2.23. The van der Waals surface area contributed by atoms with Crippen molar-refractivity contribution in [3.05, 3.63) is 23.8 Å². The van der Waals surface area contributed by atoms with Crippen LogP contribution in [-0.2, 0) is 6.42 Å². The Balaban J connectivity index is 2.78. The average Bonchev–Trinajstić information content (AvgIpc) is 2.20. The van der Waals surface area contributed by atoms with Gasteiger partial charge in [-0.05, 0) is 37.5 Å². The molecule has 0 aromatic heterocycles. The molecule has 0 heterocycles. The van der Waals surface area contributed by atoms with Crippen LogP contribution in [0.15, 0.2) is 18.2 Å². The van der Waals surface area contributed by atoms with Gasteiger partial charge in [-0.25, -0.2) is 0 Å². The van der Waals surface area contributed by atoms with Gasteiger partial charge in [-0.1, -0.05) is 19.9 Å². The molecule has 78 valence electrons. The minimum atomic E-state index is 0.227. The predicted molar refractivity (Wildman–Crippen MR) is 60.6 cm³/mol. The summed E-state index contributed by atoms with van der Waals surface area (Å²) in [5.41, 5.74) is 7.86. The molecule has 1 rings (SSSR count). The van der Waals surface area contributed by atoms with Crippen LogP contribution in [0.2, 0.25) is 0 Å². The maximum Gasteiger partial charge on any atom is 0.142 e. The van der Waals surface area contributed by atoms with Crippen LogP contribution in [0.25, 0.3) is 0 Å². The highest BCUT2D eigenvalue weighted by molar-refractivity contribution is 5.54. The molecule has 2 heteroatoms. The van der Waals surface area contributed by atoms with E-state index in [4.69, 9.17) is 10.5 Å². The standard InChI is InChI=1S/C12H19NO/c1-4-9(3)14-12-7-6-10(5-2)8-11(12)13/h6-9H,4-5,13H2,1-3H3. The van der Waals surface area contributed by atoms with Crippen LogP contribution in [0, 0.1) is 0 Å². The Hall–Kier alpha value is -1.18. The first-order valence-electron chi connectivity index (χ1n) is 5.22. The molecule has 0 spiro atoms. The predicted octanol–water partition coefficient (Wildman–Crippen LogP) is 3.01. The molecule has 0 saturated heterocycles. The molecule has 1 atom stereocenters. The van der Waals surface area contributed by atoms with Crippen molar-refractivity contribution >= 4 is 5.69 Å². The fourth-order valence-corrected chi connectivity index (χ4v) is 1.23. The summed E-state index contributed by atoms with van der Waals surface area (Å²) in [5.74, 6) is 0.802. The molecule has 0 aliphatic carbocycles. The van der Waals surface area contributed by atoms with Crippen molar-refractivity contribution in [3.8, 4) is 5.75 Å². The molecular formula is C12H19NO. The molecule has 1 aromatic rings. The molecule has 1 aromatic carbocycles. The van der Waals surface area contributed by atoms with Crippen molar-refractivity contribution in [2.75, 3.05) is 5.73 Å². The molecule has 0 bridgehead atoms. The van der Waals surface area contributed by atoms with Crippen LogP contribution in [0.3, 0.4) is 0 Å². The summed E-state index contributed by atoms with van der Waals surface area (Å²) in [6.45, 7) is 6.26. The first kappa shape index (κ1) is 10.9. The van der Waals surface area contributed by atoms with E-state index in [-0.39, 0.29) is 6.10 Å². The van der Waals surface area contributed by atoms with Crippen LogP contribution in [0.4, 0.5) is 5.69 Å². The van der Waals surface area contributed by atoms with E-state index in [2.05, 4.69) is 19.9 Å². The molecule has 0 aliphatic heterocycles. The molecular weight excluding hydrogens is 174 g/mol. The largest absolute Gasteiger partial charge is 0.489 e. The highest BCUT2D eigenvalue weighted by Gasteiger charge is 2.04. The second kappa shape index (κ2) is 4.89. The smallest absolute Gasteiger partial charge is 0.142 e. The van der Waals surface area contributed by atoms with Crippen LogP contribution in [-0.4, -0.2) is 6.10 Å². The highest BCUT2D eigenvalue weighted by Crippen LogP contribution is 2.24. The lowest BCUT2D eigenvalue weighted by molar-refractivity contribution is 0.218. The second-order valence-corrected chi connectivity index (χ2v) is 3.56. The first-order chi connectivity index (χ1) is 6.67. The molecule has 2 N–H and O–H groups in total. The maximum absolute atomic E-state index is 5.87. The first-order valence-corrected chi connectivity index (χ1v) is 5.22. The quantitative estimate of drug-likeness (QED) is 0.746. The number of aryl methyl sites for hydroxylation is 1. The zero-order valence-corrected chi connectivity index (χ0v) is 9.21. The molecule has 0 amide bonds. The van der Waals surface area contributed by atoms with Gasteiger partial charge in [0.05, 0.1) is 11.8 Å². The van der Waals surface area contributed by atoms with E-state index < -0.39 is 0 Å². The number of nitrogens with two attached hydrogens (primary N) is 1. The number of hydrogen-bond acceptors (Lipinski definition) is 2. The van der Waals surface area contributed by atoms with Crippen LogP contribution in [0.5, 0.6) is 5.75 Å². The summed E-state index contributed by atoms with van der Waals surface area (Å²) in [6, 6.07) is 6.01. The van der Waals surface area contributed by atoms with Gasteiger partial charge >= 0.3 is 0 Å². The number of nitrogen functional groups attached to an aromatic ring is 1. The average molecular weight is 193 g/mol. The van der Waals surface area contributed by atoms with Gasteiger partial charge in [0.1, 0.15) is 5.75 Å². The fraction of sp³-hybridized carbons (Fsp3) is 0.500. The molecule has 0 fully saturated rings. The van der Waals surface area contributed by atoms with Gasteiger partial charge in [0, 0.05) is 0 Å². The molecule has 14 heavy (non-hydrogen) atoms. The summed E-state index contributed by atoms with van der Waals surface area (Å²) in [7, 11) is 0. The lowest BCUT2D eigenvalue weighted by Gasteiger charge is -2.14. The van der Waals surface area contributed by atoms with Gasteiger partial charge in [0.15, 0.2) is 0 Å². The van der Waals surface area contributed by atoms with Crippen molar-refractivity contribution < 1.29 is 4.74 Å². The van der Waals surface area contributed by atoms with Crippen LogP contribution < -0.4 is 10.5 Å². The minimum absolute atomic E-state index is 0.227. The third kappa shape index (κ3) is 2.66. The van der Waals surface area contributed by atoms with E-state index >= 15 is 0 Å². The Kier molecular flexibility index (Phi) is 3.81. The zero-order chi connectivity index (χ0) is 10.6. The Morgan fingerprint density at radius 3 is 2.57 bits per heavy atom. The van der Waals surface area contributed by atoms with Gasteiger partial charge in [0.2, 0.25) is 0 Å². The van der Waals surface area contributed by atoms with Crippen molar-refractivity contribution in [1.82, 2.24) is 0 Å². The summed E-state index contributed by atoms with van der Waals surface area (Å²) < 4.78 is 5.67. The van der Waals surface area contributed by atoms with Gasteiger partial charge in [0.25, 0.3) is 0 Å². The van der Waals surface area contributed by atoms with Crippen LogP contribution >= 0.6 is 0 Å². The van der Waals surface area contributed by atoms with E-state index in [0.29, 0.717) is 0 Å². The number of hydrogen-bond donors (Lipinski definition) is 1. The third-order valence-electron chi connectivity index (χ3n) is 2.39. The second-order valence-electron chi connectivity index (χ2n) is 3.56.